The van der Waals surface area contributed by atoms with E-state index in [9.17, 15) is 0 Å². The summed E-state index contributed by atoms with van der Waals surface area (Å²) in [6, 6.07) is 10.5. The normalized spacial score (nSPS) is 15.2. The highest BCUT2D eigenvalue weighted by atomic mass is 16.5. The molecule has 0 saturated carbocycles. The lowest BCUT2D eigenvalue weighted by molar-refractivity contribution is 0.312. The molecule has 7 heteroatoms. The Morgan fingerprint density at radius 1 is 1.13 bits per heavy atom. The van der Waals surface area contributed by atoms with Gasteiger partial charge >= 0.3 is 0 Å². The van der Waals surface area contributed by atoms with Crippen molar-refractivity contribution in [2.75, 3.05) is 51.8 Å². The van der Waals surface area contributed by atoms with E-state index in [1.807, 2.05) is 6.20 Å². The van der Waals surface area contributed by atoms with Crippen molar-refractivity contribution >= 4 is 11.8 Å². The van der Waals surface area contributed by atoms with E-state index in [2.05, 4.69) is 76.6 Å². The smallest absolute Gasteiger partial charge is 0.191 e. The third kappa shape index (κ3) is 6.10. The number of aromatic nitrogens is 1. The van der Waals surface area contributed by atoms with Gasteiger partial charge in [0.15, 0.2) is 5.96 Å². The van der Waals surface area contributed by atoms with E-state index in [-0.39, 0.29) is 0 Å². The number of benzene rings is 1. The number of nitrogens with one attached hydrogen (secondary N) is 2. The van der Waals surface area contributed by atoms with Gasteiger partial charge in [0.2, 0.25) is 0 Å². The molecule has 7 nitrogen and oxygen atoms in total. The number of nitrogens with zero attached hydrogens (tertiary/aromatic N) is 4. The standard InChI is InChI=1S/C23H34N6O/c1-5-24-23(27-17-20-8-6-18(2)14-21(20)30-4)26-16-19-7-9-22(25-15-19)29-12-10-28(3)11-13-29/h6-9,14-15H,5,10-13,16-17H2,1-4H3,(H2,24,26,27). The van der Waals surface area contributed by atoms with Gasteiger partial charge in [-0.3, -0.25) is 0 Å². The molecule has 1 aromatic carbocycles. The number of hydrogen-bond acceptors (Lipinski definition) is 5. The summed E-state index contributed by atoms with van der Waals surface area (Å²) in [4.78, 5) is 14.1. The fourth-order valence-corrected chi connectivity index (χ4v) is 3.42. The van der Waals surface area contributed by atoms with Gasteiger partial charge in [-0.1, -0.05) is 18.2 Å². The lowest BCUT2D eigenvalue weighted by Crippen LogP contribution is -2.44. The summed E-state index contributed by atoms with van der Waals surface area (Å²) in [6.45, 7) is 10.4. The highest BCUT2D eigenvalue weighted by Gasteiger charge is 2.14. The van der Waals surface area contributed by atoms with Crippen LogP contribution in [-0.2, 0) is 13.1 Å². The molecule has 0 atom stereocenters. The van der Waals surface area contributed by atoms with Crippen molar-refractivity contribution in [2.24, 2.45) is 4.99 Å². The number of pyridine rings is 1. The van der Waals surface area contributed by atoms with Crippen molar-refractivity contribution in [3.63, 3.8) is 0 Å². The van der Waals surface area contributed by atoms with Crippen molar-refractivity contribution < 1.29 is 4.74 Å². The summed E-state index contributed by atoms with van der Waals surface area (Å²) in [6.07, 6.45) is 1.93. The molecule has 1 saturated heterocycles. The van der Waals surface area contributed by atoms with Gasteiger partial charge in [-0.05, 0) is 44.2 Å². The monoisotopic (exact) mass is 410 g/mol. The topological polar surface area (TPSA) is 65.0 Å². The minimum Gasteiger partial charge on any atom is -0.496 e. The van der Waals surface area contributed by atoms with Crippen LogP contribution in [0.2, 0.25) is 0 Å². The molecule has 1 aliphatic rings. The molecule has 30 heavy (non-hydrogen) atoms. The zero-order valence-corrected chi connectivity index (χ0v) is 18.6. The largest absolute Gasteiger partial charge is 0.496 e. The van der Waals surface area contributed by atoms with Gasteiger partial charge in [0.05, 0.1) is 13.7 Å². The minimum atomic E-state index is 0.580. The van der Waals surface area contributed by atoms with E-state index in [0.29, 0.717) is 13.1 Å². The summed E-state index contributed by atoms with van der Waals surface area (Å²) in [5.74, 6) is 2.72. The predicted octanol–water partition coefficient (Wildman–Crippen LogP) is 2.41. The van der Waals surface area contributed by atoms with Crippen LogP contribution in [0.25, 0.3) is 0 Å². The highest BCUT2D eigenvalue weighted by molar-refractivity contribution is 5.79. The lowest BCUT2D eigenvalue weighted by atomic mass is 10.1. The molecule has 0 radical (unpaired) electrons. The Bertz CT molecular complexity index is 828. The predicted molar refractivity (Wildman–Crippen MR) is 123 cm³/mol. The second-order valence-corrected chi connectivity index (χ2v) is 7.68. The zero-order chi connectivity index (χ0) is 21.3. The van der Waals surface area contributed by atoms with E-state index in [1.165, 1.54) is 5.56 Å². The zero-order valence-electron chi connectivity index (χ0n) is 18.6. The van der Waals surface area contributed by atoms with Crippen molar-refractivity contribution in [3.8, 4) is 5.75 Å². The Kier molecular flexibility index (Phi) is 7.90. The molecule has 3 rings (SSSR count). The molecule has 2 heterocycles. The molecule has 0 amide bonds. The molecule has 2 N–H and O–H groups in total. The second-order valence-electron chi connectivity index (χ2n) is 7.68. The number of anilines is 1. The van der Waals surface area contributed by atoms with Crippen LogP contribution in [0.1, 0.15) is 23.6 Å². The summed E-state index contributed by atoms with van der Waals surface area (Å²) < 4.78 is 5.50. The first kappa shape index (κ1) is 21.9. The summed E-state index contributed by atoms with van der Waals surface area (Å²) >= 11 is 0. The molecule has 0 aliphatic carbocycles. The molecule has 0 spiro atoms. The van der Waals surface area contributed by atoms with Crippen LogP contribution in [0.3, 0.4) is 0 Å². The molecular formula is C23H34N6O. The maximum atomic E-state index is 5.50. The molecule has 0 unspecified atom stereocenters. The van der Waals surface area contributed by atoms with Crippen molar-refractivity contribution in [1.82, 2.24) is 20.5 Å². The summed E-state index contributed by atoms with van der Waals surface area (Å²) in [5.41, 5.74) is 3.38. The number of methoxy groups -OCH3 is 1. The Hall–Kier alpha value is -2.80. The molecule has 2 aromatic rings. The van der Waals surface area contributed by atoms with E-state index in [1.54, 1.807) is 7.11 Å². The van der Waals surface area contributed by atoms with Gasteiger partial charge in [-0.2, -0.15) is 0 Å². The van der Waals surface area contributed by atoms with Crippen LogP contribution in [-0.4, -0.2) is 62.7 Å². The number of rotatable bonds is 7. The first-order valence-corrected chi connectivity index (χ1v) is 10.6. The highest BCUT2D eigenvalue weighted by Crippen LogP contribution is 2.19. The van der Waals surface area contributed by atoms with Crippen LogP contribution >= 0.6 is 0 Å². The number of guanidine groups is 1. The van der Waals surface area contributed by atoms with Crippen LogP contribution in [0.4, 0.5) is 5.82 Å². The minimum absolute atomic E-state index is 0.580. The first-order valence-electron chi connectivity index (χ1n) is 10.6. The fraction of sp³-hybridized carbons (Fsp3) is 0.478. The number of ether oxygens (including phenoxy) is 1. The summed E-state index contributed by atoms with van der Waals surface area (Å²) in [7, 11) is 3.87. The number of likely N-dealkylation sites (N-methyl/N-ethyl adjacent to an activating group) is 1. The van der Waals surface area contributed by atoms with E-state index < -0.39 is 0 Å². The number of hydrogen-bond donors (Lipinski definition) is 2. The van der Waals surface area contributed by atoms with Crippen LogP contribution in [0.5, 0.6) is 5.75 Å². The van der Waals surface area contributed by atoms with Gasteiger partial charge in [-0.25, -0.2) is 9.98 Å². The molecular weight excluding hydrogens is 376 g/mol. The van der Waals surface area contributed by atoms with Gasteiger partial charge in [0, 0.05) is 51.0 Å². The number of aryl methyl sites for hydroxylation is 1. The molecule has 162 valence electrons. The molecule has 1 aromatic heterocycles. The fourth-order valence-electron chi connectivity index (χ4n) is 3.42. The van der Waals surface area contributed by atoms with E-state index >= 15 is 0 Å². The SMILES string of the molecule is CCNC(=NCc1ccc(N2CCN(C)CC2)nc1)NCc1ccc(C)cc1OC. The second kappa shape index (κ2) is 10.8. The Morgan fingerprint density at radius 3 is 2.60 bits per heavy atom. The average molecular weight is 411 g/mol. The van der Waals surface area contributed by atoms with E-state index in [4.69, 9.17) is 9.73 Å². The van der Waals surface area contributed by atoms with Gasteiger partial charge < -0.3 is 25.2 Å². The Balaban J connectivity index is 1.59. The maximum absolute atomic E-state index is 5.50. The maximum Gasteiger partial charge on any atom is 0.191 e. The number of piperazine rings is 1. The van der Waals surface area contributed by atoms with Gasteiger partial charge in [0.1, 0.15) is 11.6 Å². The van der Waals surface area contributed by atoms with Gasteiger partial charge in [-0.15, -0.1) is 0 Å². The molecule has 1 aliphatic heterocycles. The first-order chi connectivity index (χ1) is 14.6. The lowest BCUT2D eigenvalue weighted by Gasteiger charge is -2.33. The summed E-state index contributed by atoms with van der Waals surface area (Å²) in [5, 5.41) is 6.70. The Labute approximate surface area is 180 Å². The third-order valence-electron chi connectivity index (χ3n) is 5.29. The molecule has 0 bridgehead atoms. The van der Waals surface area contributed by atoms with E-state index in [0.717, 1.165) is 61.4 Å². The quantitative estimate of drug-likeness (QED) is 0.540. The van der Waals surface area contributed by atoms with Crippen molar-refractivity contribution in [3.05, 3.63) is 53.2 Å². The number of aliphatic imine (C=N–C) groups is 1. The molecule has 1 fully saturated rings. The third-order valence-corrected chi connectivity index (χ3v) is 5.29. The Morgan fingerprint density at radius 2 is 1.93 bits per heavy atom. The van der Waals surface area contributed by atoms with Crippen molar-refractivity contribution in [1.29, 1.82) is 0 Å². The van der Waals surface area contributed by atoms with Crippen LogP contribution < -0.4 is 20.3 Å². The van der Waals surface area contributed by atoms with Gasteiger partial charge in [0.25, 0.3) is 0 Å². The van der Waals surface area contributed by atoms with Crippen molar-refractivity contribution in [2.45, 2.75) is 26.9 Å². The van der Waals surface area contributed by atoms with Crippen LogP contribution in [0, 0.1) is 6.92 Å². The average Bonchev–Trinajstić information content (AvgIpc) is 2.77. The van der Waals surface area contributed by atoms with Crippen LogP contribution in [0.15, 0.2) is 41.5 Å².